The highest BCUT2D eigenvalue weighted by Gasteiger charge is 2.29. The van der Waals surface area contributed by atoms with Gasteiger partial charge in [-0.3, -0.25) is 0 Å². The Labute approximate surface area is 194 Å². The van der Waals surface area contributed by atoms with Crippen molar-refractivity contribution in [2.24, 2.45) is 10.7 Å². The Kier molecular flexibility index (Phi) is 6.87. The van der Waals surface area contributed by atoms with Crippen molar-refractivity contribution in [1.29, 1.82) is 0 Å². The number of fused-ring (bicyclic) bond motifs is 2. The molecule has 34 heavy (non-hydrogen) atoms. The molecule has 0 amide bonds. The minimum Gasteiger partial charge on any atom is -0.488 e. The second kappa shape index (κ2) is 10.0. The molecule has 2 heterocycles. The van der Waals surface area contributed by atoms with Crippen LogP contribution in [0, 0.1) is 5.95 Å². The molecule has 2 aromatic carbocycles. The van der Waals surface area contributed by atoms with Crippen LogP contribution in [0.3, 0.4) is 0 Å². The molecule has 3 aromatic rings. The highest BCUT2D eigenvalue weighted by molar-refractivity contribution is 5.79. The van der Waals surface area contributed by atoms with Crippen LogP contribution in [0.4, 0.5) is 13.2 Å². The van der Waals surface area contributed by atoms with Gasteiger partial charge in [0.1, 0.15) is 36.6 Å². The normalized spacial score (nSPS) is 14.9. The van der Waals surface area contributed by atoms with Gasteiger partial charge in [-0.15, -0.1) is 0 Å². The van der Waals surface area contributed by atoms with Gasteiger partial charge in [0.05, 0.1) is 0 Å². The monoisotopic (exact) mass is 472 g/mol. The Morgan fingerprint density at radius 2 is 1.91 bits per heavy atom. The van der Waals surface area contributed by atoms with Crippen LogP contribution in [-0.4, -0.2) is 49.8 Å². The van der Waals surface area contributed by atoms with E-state index in [4.69, 9.17) is 19.9 Å². The summed E-state index contributed by atoms with van der Waals surface area (Å²) in [5.74, 6) is 0.805. The first-order valence-corrected chi connectivity index (χ1v) is 10.4. The number of nitrogens with two attached hydrogens (primary N) is 1. The molecule has 1 unspecified atom stereocenters. The van der Waals surface area contributed by atoms with E-state index < -0.39 is 25.0 Å². The zero-order valence-corrected chi connectivity index (χ0v) is 18.5. The number of hydrogen-bond acceptors (Lipinski definition) is 5. The van der Waals surface area contributed by atoms with Crippen molar-refractivity contribution in [1.82, 2.24) is 9.88 Å². The van der Waals surface area contributed by atoms with Gasteiger partial charge < -0.3 is 24.8 Å². The van der Waals surface area contributed by atoms with E-state index in [-0.39, 0.29) is 18.4 Å². The van der Waals surface area contributed by atoms with Crippen LogP contribution in [0.1, 0.15) is 17.2 Å². The van der Waals surface area contributed by atoms with Crippen molar-refractivity contribution < 1.29 is 27.4 Å². The lowest BCUT2D eigenvalue weighted by atomic mass is 9.92. The number of benzene rings is 2. The third kappa shape index (κ3) is 4.91. The van der Waals surface area contributed by atoms with Gasteiger partial charge in [0.15, 0.2) is 5.96 Å². The third-order valence-electron chi connectivity index (χ3n) is 5.22. The molecule has 1 aliphatic rings. The van der Waals surface area contributed by atoms with E-state index in [9.17, 15) is 13.2 Å². The van der Waals surface area contributed by atoms with Crippen molar-refractivity contribution in [2.45, 2.75) is 12.5 Å². The summed E-state index contributed by atoms with van der Waals surface area (Å²) in [6, 6.07) is 12.6. The molecule has 0 fully saturated rings. The maximum absolute atomic E-state index is 14.4. The van der Waals surface area contributed by atoms with Crippen LogP contribution in [0.5, 0.6) is 17.2 Å². The number of aromatic nitrogens is 1. The molecule has 0 saturated heterocycles. The summed E-state index contributed by atoms with van der Waals surface area (Å²) in [5, 5.41) is 0. The molecule has 0 spiro atoms. The van der Waals surface area contributed by atoms with Crippen molar-refractivity contribution in [3.05, 3.63) is 71.8 Å². The van der Waals surface area contributed by atoms with Gasteiger partial charge in [-0.25, -0.2) is 18.8 Å². The Balaban J connectivity index is 1.82. The fourth-order valence-electron chi connectivity index (χ4n) is 3.62. The largest absolute Gasteiger partial charge is 0.488 e. The Morgan fingerprint density at radius 3 is 2.62 bits per heavy atom. The molecule has 2 N–H and O–H groups in total. The van der Waals surface area contributed by atoms with Crippen LogP contribution >= 0.6 is 0 Å². The van der Waals surface area contributed by atoms with E-state index >= 15 is 0 Å². The minimum absolute atomic E-state index is 0.183. The van der Waals surface area contributed by atoms with E-state index in [0.717, 1.165) is 0 Å². The first-order chi connectivity index (χ1) is 16.4. The molecule has 0 saturated carbocycles. The van der Waals surface area contributed by atoms with Crippen LogP contribution < -0.4 is 15.2 Å². The summed E-state index contributed by atoms with van der Waals surface area (Å²) >= 11 is 0. The van der Waals surface area contributed by atoms with Gasteiger partial charge in [0, 0.05) is 37.0 Å². The van der Waals surface area contributed by atoms with Gasteiger partial charge >= 0.3 is 0 Å². The van der Waals surface area contributed by atoms with Crippen LogP contribution in [0.2, 0.25) is 0 Å². The van der Waals surface area contributed by atoms with Crippen LogP contribution in [-0.2, 0) is 4.74 Å². The lowest BCUT2D eigenvalue weighted by Gasteiger charge is -2.28. The van der Waals surface area contributed by atoms with Crippen molar-refractivity contribution in [2.75, 3.05) is 27.5 Å². The number of methoxy groups -OCH3 is 1. The molecule has 1 aliphatic heterocycles. The molecule has 0 radical (unpaired) electrons. The van der Waals surface area contributed by atoms with Gasteiger partial charge in [-0.05, 0) is 48.0 Å². The van der Waals surface area contributed by atoms with Gasteiger partial charge in [-0.1, -0.05) is 6.07 Å². The number of hydrogen-bond donors (Lipinski definition) is 1. The van der Waals surface area contributed by atoms with Crippen molar-refractivity contribution >= 4 is 5.96 Å². The minimum atomic E-state index is -2.61. The van der Waals surface area contributed by atoms with E-state index in [0.29, 0.717) is 33.8 Å². The summed E-state index contributed by atoms with van der Waals surface area (Å²) in [4.78, 5) is 10.0. The molecule has 1 aromatic heterocycles. The average Bonchev–Trinajstić information content (AvgIpc) is 2.82. The number of ether oxygens (including phenoxy) is 3. The predicted molar refractivity (Wildman–Crippen MR) is 121 cm³/mol. The zero-order chi connectivity index (χ0) is 24.2. The number of halogens is 3. The molecule has 4 rings (SSSR count). The topological polar surface area (TPSA) is 82.2 Å². The van der Waals surface area contributed by atoms with Crippen LogP contribution in [0.25, 0.3) is 11.1 Å². The van der Waals surface area contributed by atoms with Gasteiger partial charge in [-0.2, -0.15) is 4.39 Å². The van der Waals surface area contributed by atoms with E-state index in [1.54, 1.807) is 60.5 Å². The smallest absolute Gasteiger partial charge is 0.272 e. The molecule has 10 heteroatoms. The molecular weight excluding hydrogens is 449 g/mol. The second-order valence-corrected chi connectivity index (χ2v) is 7.60. The maximum Gasteiger partial charge on any atom is 0.272 e. The Hall–Kier alpha value is -3.79. The van der Waals surface area contributed by atoms with E-state index in [1.807, 2.05) is 0 Å². The third-order valence-corrected chi connectivity index (χ3v) is 5.22. The lowest BCUT2D eigenvalue weighted by Crippen LogP contribution is -2.36. The fourth-order valence-corrected chi connectivity index (χ4v) is 3.62. The summed E-state index contributed by atoms with van der Waals surface area (Å²) in [6.07, 6.45) is -1.24. The summed E-state index contributed by atoms with van der Waals surface area (Å²) in [7, 11) is 3.25. The van der Waals surface area contributed by atoms with Crippen LogP contribution in [0.15, 0.2) is 59.7 Å². The first kappa shape index (κ1) is 23.4. The second-order valence-electron chi connectivity index (χ2n) is 7.60. The number of aliphatic imine (C=N–C) groups is 1. The maximum atomic E-state index is 14.4. The lowest BCUT2D eigenvalue weighted by molar-refractivity contribution is 0.0818. The summed E-state index contributed by atoms with van der Waals surface area (Å²) < 4.78 is 56.0. The summed E-state index contributed by atoms with van der Waals surface area (Å²) in [5.41, 5.74) is 8.29. The van der Waals surface area contributed by atoms with E-state index in [1.165, 1.54) is 13.3 Å². The van der Waals surface area contributed by atoms with Crippen molar-refractivity contribution in [3.8, 4) is 28.4 Å². The number of rotatable bonds is 7. The SMILES string of the molecule is COCN(C)/C(N)=N\C1c2cc(OCC(F)F)ccc2Oc2ccc(-c3cccnc3F)cc21. The fraction of sp³-hybridized carbons (Fsp3) is 0.250. The highest BCUT2D eigenvalue weighted by Crippen LogP contribution is 2.47. The zero-order valence-electron chi connectivity index (χ0n) is 18.5. The summed E-state index contributed by atoms with van der Waals surface area (Å²) in [6.45, 7) is -0.538. The number of nitrogens with zero attached hydrogens (tertiary/aromatic N) is 3. The Morgan fingerprint density at radius 1 is 1.18 bits per heavy atom. The van der Waals surface area contributed by atoms with Crippen molar-refractivity contribution in [3.63, 3.8) is 0 Å². The molecule has 7 nitrogen and oxygen atoms in total. The predicted octanol–water partition coefficient (Wildman–Crippen LogP) is 4.58. The average molecular weight is 472 g/mol. The first-order valence-electron chi connectivity index (χ1n) is 10.4. The van der Waals surface area contributed by atoms with E-state index in [2.05, 4.69) is 9.98 Å². The van der Waals surface area contributed by atoms with Gasteiger partial charge in [0.2, 0.25) is 5.95 Å². The molecule has 0 aliphatic carbocycles. The number of guanidine groups is 1. The Bertz CT molecular complexity index is 1210. The molecule has 0 bridgehead atoms. The molecule has 178 valence electrons. The molecule has 1 atom stereocenters. The quantitative estimate of drug-likeness (QED) is 0.235. The molecular formula is C24H23F3N4O3. The highest BCUT2D eigenvalue weighted by atomic mass is 19.3. The van der Waals surface area contributed by atoms with Gasteiger partial charge in [0.25, 0.3) is 6.43 Å². The number of alkyl halides is 2. The standard InChI is InChI=1S/C24H23F3N4O3/c1-31(13-32-2)24(28)30-22-17-10-14(16-4-3-9-29-23(16)27)5-7-19(17)34-20-8-6-15(11-18(20)22)33-12-21(25)26/h3-11,21-22H,12-13H2,1-2H3,(H2,28,30). The number of pyridine rings is 1.